The zero-order valence-electron chi connectivity index (χ0n) is 34.3. The first-order valence-electron chi connectivity index (χ1n) is 22.5. The van der Waals surface area contributed by atoms with Gasteiger partial charge in [-0.05, 0) is 132 Å². The van der Waals surface area contributed by atoms with Crippen LogP contribution in [0, 0.1) is 57.7 Å². The number of aliphatic hydroxyl groups excluding tert-OH is 1. The van der Waals surface area contributed by atoms with E-state index >= 15 is 4.79 Å². The number of piperidine rings is 1. The summed E-state index contributed by atoms with van der Waals surface area (Å²) in [4.78, 5) is 15.2. The average molecular weight is 806 g/mol. The highest BCUT2D eigenvalue weighted by molar-refractivity contribution is 5.81. The maximum atomic E-state index is 15.2. The largest absolute Gasteiger partial charge is 0.504 e. The number of methoxy groups -OCH3 is 1. The van der Waals surface area contributed by atoms with Gasteiger partial charge in [-0.2, -0.15) is 0 Å². The van der Waals surface area contributed by atoms with Crippen molar-refractivity contribution in [2.24, 2.45) is 45.8 Å². The summed E-state index contributed by atoms with van der Waals surface area (Å²) in [6.45, 7) is 0.231. The Morgan fingerprint density at radius 3 is 2.53 bits per heavy atom. The van der Waals surface area contributed by atoms with E-state index in [1.54, 1.807) is 6.07 Å². The van der Waals surface area contributed by atoms with Crippen molar-refractivity contribution in [2.75, 3.05) is 13.7 Å². The summed E-state index contributed by atoms with van der Waals surface area (Å²) >= 11 is 0. The van der Waals surface area contributed by atoms with E-state index in [-0.39, 0.29) is 82.7 Å². The van der Waals surface area contributed by atoms with Crippen LogP contribution in [0.3, 0.4) is 0 Å². The molecule has 60 heavy (non-hydrogen) atoms. The van der Waals surface area contributed by atoms with Gasteiger partial charge >= 0.3 is 0 Å². The summed E-state index contributed by atoms with van der Waals surface area (Å²) in [5.41, 5.74) is 1.37. The molecule has 8 nitrogen and oxygen atoms in total. The highest BCUT2D eigenvalue weighted by Gasteiger charge is 2.86. The van der Waals surface area contributed by atoms with Gasteiger partial charge in [-0.3, -0.25) is 4.79 Å². The quantitative estimate of drug-likeness (QED) is 0.0889. The molecule has 1 saturated heterocycles. The molecule has 6 N–H and O–H groups in total. The Morgan fingerprint density at radius 2 is 1.72 bits per heavy atom. The first kappa shape index (κ1) is 37.2. The highest BCUT2D eigenvalue weighted by atomic mass is 16.5. The van der Waals surface area contributed by atoms with E-state index < -0.39 is 33.8 Å². The topological polar surface area (TPSA) is 139 Å². The Hall–Kier alpha value is -4.55. The number of ether oxygens (including phenoxy) is 1. The molecular formula is C52H55NO7. The van der Waals surface area contributed by atoms with Gasteiger partial charge in [0.05, 0.1) is 19.3 Å². The minimum absolute atomic E-state index is 0.0377. The zero-order chi connectivity index (χ0) is 41.0. The van der Waals surface area contributed by atoms with Gasteiger partial charge in [0.25, 0.3) is 0 Å². The molecule has 8 heteroatoms. The standard InChI is InChI=1S/C52H55NO7/c1-60-45-22-38(33(28-54)19-44(45)58)37-20-36(55)25-49(59)24-35-12-15-50-26-41-39-21-42(56)43(57)23-40(39)52(50)46(49)32(10-9-31(37)18-30-6-3-2-4-7-30)27-53-51(35,52)17-16-47(50)14-11-34-8-5-13-48(34,41)29-47/h2-4,6-7,11-12,14-15,19,21-23,31-32,34-35,37,41,46,53-54,56-59H,5,8,13,16-18,20,24-29H2,1H3. The van der Waals surface area contributed by atoms with Crippen molar-refractivity contribution >= 4 is 5.78 Å². The maximum Gasteiger partial charge on any atom is 0.160 e. The van der Waals surface area contributed by atoms with Crippen LogP contribution >= 0.6 is 0 Å². The number of hydrogen-bond donors (Lipinski definition) is 6. The third-order valence-electron chi connectivity index (χ3n) is 18.7. The number of aromatic hydroxyl groups is 3. The van der Waals surface area contributed by atoms with Gasteiger partial charge in [0.15, 0.2) is 23.0 Å². The predicted octanol–water partition coefficient (Wildman–Crippen LogP) is 7.46. The van der Waals surface area contributed by atoms with E-state index in [4.69, 9.17) is 4.74 Å². The van der Waals surface area contributed by atoms with Crippen LogP contribution in [0.5, 0.6) is 23.0 Å². The van der Waals surface area contributed by atoms with Crippen LogP contribution in [-0.2, 0) is 23.2 Å². The highest BCUT2D eigenvalue weighted by Crippen LogP contribution is 2.87. The number of ketones is 1. The smallest absolute Gasteiger partial charge is 0.160 e. The minimum Gasteiger partial charge on any atom is -0.504 e. The number of hydrogen-bond acceptors (Lipinski definition) is 8. The van der Waals surface area contributed by atoms with E-state index in [1.807, 2.05) is 30.3 Å². The van der Waals surface area contributed by atoms with Crippen LogP contribution in [0.25, 0.3) is 0 Å². The van der Waals surface area contributed by atoms with Crippen molar-refractivity contribution < 1.29 is 35.1 Å². The molecule has 310 valence electrons. The summed E-state index contributed by atoms with van der Waals surface area (Å²) in [5.74, 6) is 6.61. The Morgan fingerprint density at radius 1 is 0.900 bits per heavy atom. The molecule has 5 fully saturated rings. The van der Waals surface area contributed by atoms with Crippen molar-refractivity contribution in [1.82, 2.24) is 5.32 Å². The van der Waals surface area contributed by atoms with Crippen molar-refractivity contribution in [1.29, 1.82) is 0 Å². The van der Waals surface area contributed by atoms with Gasteiger partial charge in [0.2, 0.25) is 0 Å². The molecule has 0 amide bonds. The number of phenols is 3. The van der Waals surface area contributed by atoms with Gasteiger partial charge in [-0.25, -0.2) is 0 Å². The van der Waals surface area contributed by atoms with Crippen LogP contribution in [0.1, 0.15) is 104 Å². The second kappa shape index (κ2) is 12.3. The second-order valence-electron chi connectivity index (χ2n) is 20.6. The number of Topliss-reactive ketones (excluding diaryl/α,β-unsaturated/α-hetero) is 1. The van der Waals surface area contributed by atoms with Gasteiger partial charge in [-0.1, -0.05) is 72.9 Å². The van der Waals surface area contributed by atoms with Crippen molar-refractivity contribution in [3.05, 3.63) is 107 Å². The SMILES string of the molecule is COc1cc(C2CC(=O)CC3(O)CC4C=CC56CC7c8cc(O)c(O)cc8C58C3C(C#CC2Cc2ccccc2)CNC48CCC62C=CC3CCCC37C2)c(CO)cc1O. The Labute approximate surface area is 351 Å². The number of fused-ring (bicyclic) bond motifs is 3. The molecule has 3 aromatic rings. The fourth-order valence-electron chi connectivity index (χ4n) is 17.0. The third kappa shape index (κ3) is 4.32. The van der Waals surface area contributed by atoms with Crippen LogP contribution in [0.2, 0.25) is 0 Å². The maximum absolute atomic E-state index is 15.2. The van der Waals surface area contributed by atoms with E-state index in [1.165, 1.54) is 26.0 Å². The number of phenolic OH excluding ortho intramolecular Hbond substituents is 3. The molecule has 8 bridgehead atoms. The molecule has 9 aliphatic rings. The lowest BCUT2D eigenvalue weighted by molar-refractivity contribution is -0.275. The number of nitrogens with one attached hydrogen (secondary N) is 1. The molecule has 1 heterocycles. The Kier molecular flexibility index (Phi) is 7.63. The van der Waals surface area contributed by atoms with Gasteiger partial charge in [0.1, 0.15) is 5.78 Å². The lowest BCUT2D eigenvalue weighted by Crippen LogP contribution is -2.89. The molecule has 3 aromatic carbocycles. The van der Waals surface area contributed by atoms with E-state index in [0.717, 1.165) is 48.8 Å². The fourth-order valence-corrected chi connectivity index (χ4v) is 17.0. The van der Waals surface area contributed by atoms with Crippen LogP contribution in [0.15, 0.2) is 78.9 Å². The summed E-state index contributed by atoms with van der Waals surface area (Å²) in [5, 5.41) is 62.6. The van der Waals surface area contributed by atoms with E-state index in [9.17, 15) is 25.5 Å². The average Bonchev–Trinajstić information content (AvgIpc) is 3.66. The molecular weight excluding hydrogens is 751 g/mol. The minimum atomic E-state index is -1.42. The van der Waals surface area contributed by atoms with E-state index in [0.29, 0.717) is 36.4 Å². The Bertz CT molecular complexity index is 2490. The number of carbonyl (C=O) groups excluding carboxylic acids is 1. The predicted molar refractivity (Wildman–Crippen MR) is 225 cm³/mol. The summed E-state index contributed by atoms with van der Waals surface area (Å²) in [7, 11) is 1.50. The van der Waals surface area contributed by atoms with Crippen molar-refractivity contribution in [3.8, 4) is 34.8 Å². The van der Waals surface area contributed by atoms with Crippen LogP contribution in [0.4, 0.5) is 0 Å². The first-order chi connectivity index (χ1) is 29.0. The second-order valence-corrected chi connectivity index (χ2v) is 20.6. The molecule has 13 unspecified atom stereocenters. The lowest BCUT2D eigenvalue weighted by Gasteiger charge is -2.85. The van der Waals surface area contributed by atoms with Crippen LogP contribution in [-0.4, -0.2) is 56.1 Å². The molecule has 4 spiro atoms. The zero-order valence-corrected chi connectivity index (χ0v) is 34.3. The normalized spacial score (nSPS) is 43.2. The molecule has 12 rings (SSSR count). The van der Waals surface area contributed by atoms with Gasteiger partial charge in [0, 0.05) is 59.4 Å². The monoisotopic (exact) mass is 805 g/mol. The molecule has 0 radical (unpaired) electrons. The fraction of sp³-hybridized carbons (Fsp3) is 0.519. The summed E-state index contributed by atoms with van der Waals surface area (Å²) in [6.07, 6.45) is 18.6. The first-order valence-corrected chi connectivity index (χ1v) is 22.5. The molecule has 1 aliphatic heterocycles. The van der Waals surface area contributed by atoms with E-state index in [2.05, 4.69) is 53.6 Å². The van der Waals surface area contributed by atoms with Crippen molar-refractivity contribution in [3.63, 3.8) is 0 Å². The van der Waals surface area contributed by atoms with Gasteiger partial charge in [-0.15, -0.1) is 0 Å². The van der Waals surface area contributed by atoms with Gasteiger partial charge < -0.3 is 35.6 Å². The molecule has 8 aliphatic carbocycles. The number of allylic oxidation sites excluding steroid dienone is 3. The summed E-state index contributed by atoms with van der Waals surface area (Å²) < 4.78 is 5.58. The van der Waals surface area contributed by atoms with Crippen LogP contribution < -0.4 is 10.1 Å². The number of aliphatic hydroxyl groups is 2. The lowest BCUT2D eigenvalue weighted by atomic mass is 9.20. The Balaban J connectivity index is 1.12. The number of rotatable bonds is 5. The van der Waals surface area contributed by atoms with Crippen molar-refractivity contribution in [2.45, 2.75) is 106 Å². The summed E-state index contributed by atoms with van der Waals surface area (Å²) in [6, 6.07) is 17.2. The molecule has 0 aromatic heterocycles. The third-order valence-corrected chi connectivity index (χ3v) is 18.7. The number of carbonyl (C=O) groups is 1. The molecule has 13 atom stereocenters. The number of benzene rings is 3. The molecule has 4 saturated carbocycles.